The van der Waals surface area contributed by atoms with Gasteiger partial charge in [0.2, 0.25) is 5.91 Å². The lowest BCUT2D eigenvalue weighted by atomic mass is 10.1. The van der Waals surface area contributed by atoms with E-state index in [0.717, 1.165) is 0 Å². The second kappa shape index (κ2) is 5.92. The molecule has 0 N–H and O–H groups in total. The van der Waals surface area contributed by atoms with E-state index in [0.29, 0.717) is 19.6 Å². The lowest BCUT2D eigenvalue weighted by Gasteiger charge is -2.42. The summed E-state index contributed by atoms with van der Waals surface area (Å²) >= 11 is 3.39. The van der Waals surface area contributed by atoms with Crippen LogP contribution in [0, 0.1) is 0 Å². The first-order chi connectivity index (χ1) is 8.92. The highest BCUT2D eigenvalue weighted by Gasteiger charge is 2.36. The minimum Gasteiger partial charge on any atom is -0.444 e. The van der Waals surface area contributed by atoms with Crippen molar-refractivity contribution in [1.82, 2.24) is 9.80 Å². The Balaban J connectivity index is 2.64. The van der Waals surface area contributed by atoms with Crippen LogP contribution in [-0.2, 0) is 9.53 Å². The molecule has 1 aliphatic heterocycles. The predicted octanol–water partition coefficient (Wildman–Crippen LogP) is 2.63. The SMILES string of the molecule is C[C@H]1CN(C(=O)OC(C)(C)C)CCN1C(=O)C(C)(C)Br. The molecule has 1 heterocycles. The summed E-state index contributed by atoms with van der Waals surface area (Å²) < 4.78 is 4.79. The Morgan fingerprint density at radius 3 is 2.10 bits per heavy atom. The largest absolute Gasteiger partial charge is 0.444 e. The Morgan fingerprint density at radius 1 is 1.15 bits per heavy atom. The van der Waals surface area contributed by atoms with Gasteiger partial charge >= 0.3 is 6.09 Å². The van der Waals surface area contributed by atoms with Crippen molar-refractivity contribution in [3.8, 4) is 0 Å². The molecule has 20 heavy (non-hydrogen) atoms. The molecule has 0 unspecified atom stereocenters. The van der Waals surface area contributed by atoms with Crippen molar-refractivity contribution < 1.29 is 14.3 Å². The van der Waals surface area contributed by atoms with E-state index in [1.54, 1.807) is 4.90 Å². The summed E-state index contributed by atoms with van der Waals surface area (Å²) in [6.07, 6.45) is -0.311. The highest BCUT2D eigenvalue weighted by atomic mass is 79.9. The first kappa shape index (κ1) is 17.3. The van der Waals surface area contributed by atoms with E-state index in [-0.39, 0.29) is 18.0 Å². The van der Waals surface area contributed by atoms with Crippen LogP contribution in [0.3, 0.4) is 0 Å². The number of carbonyl (C=O) groups is 2. The van der Waals surface area contributed by atoms with E-state index in [1.807, 2.05) is 46.4 Å². The van der Waals surface area contributed by atoms with Gasteiger partial charge in [0.05, 0.1) is 4.32 Å². The van der Waals surface area contributed by atoms with E-state index in [1.165, 1.54) is 0 Å². The smallest absolute Gasteiger partial charge is 0.410 e. The number of ether oxygens (including phenoxy) is 1. The van der Waals surface area contributed by atoms with Crippen molar-refractivity contribution in [1.29, 1.82) is 0 Å². The quantitative estimate of drug-likeness (QED) is 0.684. The molecule has 0 aromatic carbocycles. The topological polar surface area (TPSA) is 49.9 Å². The van der Waals surface area contributed by atoms with Gasteiger partial charge in [-0.15, -0.1) is 0 Å². The van der Waals surface area contributed by atoms with Gasteiger partial charge in [0.1, 0.15) is 5.60 Å². The maximum atomic E-state index is 12.3. The molecular formula is C14H25BrN2O3. The Morgan fingerprint density at radius 2 is 1.70 bits per heavy atom. The molecular weight excluding hydrogens is 324 g/mol. The zero-order valence-electron chi connectivity index (χ0n) is 13.2. The van der Waals surface area contributed by atoms with E-state index in [2.05, 4.69) is 15.9 Å². The molecule has 1 aliphatic rings. The number of hydrogen-bond acceptors (Lipinski definition) is 3. The molecule has 1 atom stereocenters. The number of alkyl halides is 1. The van der Waals surface area contributed by atoms with Crippen LogP contribution in [0.25, 0.3) is 0 Å². The number of hydrogen-bond donors (Lipinski definition) is 0. The summed E-state index contributed by atoms with van der Waals surface area (Å²) in [4.78, 5) is 27.8. The molecule has 0 saturated carbocycles. The van der Waals surface area contributed by atoms with Crippen molar-refractivity contribution in [2.75, 3.05) is 19.6 Å². The first-order valence-corrected chi connectivity index (χ1v) is 7.69. The molecule has 0 aliphatic carbocycles. The van der Waals surface area contributed by atoms with Gasteiger partial charge in [-0.3, -0.25) is 4.79 Å². The molecule has 0 aromatic rings. The van der Waals surface area contributed by atoms with Gasteiger partial charge in [0, 0.05) is 25.7 Å². The zero-order valence-corrected chi connectivity index (χ0v) is 14.8. The molecule has 1 rings (SSSR count). The summed E-state index contributed by atoms with van der Waals surface area (Å²) in [5, 5.41) is 0. The second-order valence-electron chi connectivity index (χ2n) is 6.75. The monoisotopic (exact) mass is 348 g/mol. The van der Waals surface area contributed by atoms with Gasteiger partial charge in [-0.1, -0.05) is 15.9 Å². The molecule has 1 fully saturated rings. The van der Waals surface area contributed by atoms with Crippen LogP contribution in [0.15, 0.2) is 0 Å². The Hall–Kier alpha value is -0.780. The number of piperazine rings is 1. The number of carbonyl (C=O) groups excluding carboxylic acids is 2. The Kier molecular flexibility index (Phi) is 5.11. The fourth-order valence-corrected chi connectivity index (χ4v) is 2.32. The summed E-state index contributed by atoms with van der Waals surface area (Å²) in [6, 6.07) is -0.0133. The third-order valence-electron chi connectivity index (χ3n) is 3.05. The van der Waals surface area contributed by atoms with Crippen LogP contribution in [0.1, 0.15) is 41.5 Å². The van der Waals surface area contributed by atoms with Crippen molar-refractivity contribution in [3.05, 3.63) is 0 Å². The normalized spacial score (nSPS) is 20.9. The predicted molar refractivity (Wildman–Crippen MR) is 82.0 cm³/mol. The van der Waals surface area contributed by atoms with Gasteiger partial charge in [-0.25, -0.2) is 4.79 Å². The number of amides is 2. The molecule has 116 valence electrons. The average Bonchev–Trinajstić information content (AvgIpc) is 2.24. The second-order valence-corrected chi connectivity index (χ2v) is 8.73. The van der Waals surface area contributed by atoms with E-state index >= 15 is 0 Å². The summed E-state index contributed by atoms with van der Waals surface area (Å²) in [5.41, 5.74) is -0.495. The van der Waals surface area contributed by atoms with Gasteiger partial charge < -0.3 is 14.5 Å². The lowest BCUT2D eigenvalue weighted by molar-refractivity contribution is -0.137. The molecule has 1 saturated heterocycles. The minimum absolute atomic E-state index is 0.0133. The Bertz CT molecular complexity index is 385. The Labute approximate surface area is 129 Å². The number of nitrogens with zero attached hydrogens (tertiary/aromatic N) is 2. The fraction of sp³-hybridized carbons (Fsp3) is 0.857. The van der Waals surface area contributed by atoms with Gasteiger partial charge in [-0.05, 0) is 41.5 Å². The van der Waals surface area contributed by atoms with Crippen LogP contribution in [0.5, 0.6) is 0 Å². The van der Waals surface area contributed by atoms with Crippen LogP contribution in [0.2, 0.25) is 0 Å². The van der Waals surface area contributed by atoms with Crippen LogP contribution < -0.4 is 0 Å². The molecule has 5 nitrogen and oxygen atoms in total. The fourth-order valence-electron chi connectivity index (χ4n) is 2.09. The maximum Gasteiger partial charge on any atom is 0.410 e. The summed E-state index contributed by atoms with van der Waals surface area (Å²) in [5.74, 6) is 0.0499. The standard InChI is InChI=1S/C14H25BrN2O3/c1-10-9-16(12(19)20-13(2,3)4)7-8-17(10)11(18)14(5,6)15/h10H,7-9H2,1-6H3/t10-/m0/s1. The van der Waals surface area contributed by atoms with Gasteiger partial charge in [0.15, 0.2) is 0 Å². The maximum absolute atomic E-state index is 12.3. The van der Waals surface area contributed by atoms with E-state index in [4.69, 9.17) is 4.74 Å². The van der Waals surface area contributed by atoms with Crippen molar-refractivity contribution in [2.24, 2.45) is 0 Å². The van der Waals surface area contributed by atoms with Gasteiger partial charge in [-0.2, -0.15) is 0 Å². The molecule has 6 heteroatoms. The van der Waals surface area contributed by atoms with E-state index < -0.39 is 9.93 Å². The summed E-state index contributed by atoms with van der Waals surface area (Å²) in [6.45, 7) is 12.7. The minimum atomic E-state index is -0.574. The van der Waals surface area contributed by atoms with Crippen molar-refractivity contribution in [3.63, 3.8) is 0 Å². The third kappa shape index (κ3) is 4.65. The number of halogens is 1. The zero-order chi connectivity index (χ0) is 15.7. The molecule has 0 bridgehead atoms. The third-order valence-corrected chi connectivity index (χ3v) is 3.39. The molecule has 0 spiro atoms. The average molecular weight is 349 g/mol. The highest BCUT2D eigenvalue weighted by Crippen LogP contribution is 2.23. The van der Waals surface area contributed by atoms with Crippen molar-refractivity contribution in [2.45, 2.75) is 57.5 Å². The van der Waals surface area contributed by atoms with Crippen molar-refractivity contribution >= 4 is 27.9 Å². The van der Waals surface area contributed by atoms with Crippen LogP contribution in [-0.4, -0.2) is 57.4 Å². The lowest BCUT2D eigenvalue weighted by Crippen LogP contribution is -2.58. The molecule has 0 aromatic heterocycles. The van der Waals surface area contributed by atoms with Crippen LogP contribution >= 0.6 is 15.9 Å². The van der Waals surface area contributed by atoms with Crippen LogP contribution in [0.4, 0.5) is 4.79 Å². The van der Waals surface area contributed by atoms with E-state index in [9.17, 15) is 9.59 Å². The van der Waals surface area contributed by atoms with Gasteiger partial charge in [0.25, 0.3) is 0 Å². The highest BCUT2D eigenvalue weighted by molar-refractivity contribution is 9.10. The number of rotatable bonds is 1. The first-order valence-electron chi connectivity index (χ1n) is 6.90. The summed E-state index contributed by atoms with van der Waals surface area (Å²) in [7, 11) is 0. The molecule has 2 amide bonds. The molecule has 0 radical (unpaired) electrons.